The van der Waals surface area contributed by atoms with E-state index in [0.29, 0.717) is 25.3 Å². The molecule has 150 valence electrons. The molecule has 7 heteroatoms. The lowest BCUT2D eigenvalue weighted by Crippen LogP contribution is -2.48. The Bertz CT molecular complexity index is 951. The van der Waals surface area contributed by atoms with Crippen LogP contribution in [0.25, 0.3) is 0 Å². The predicted molar refractivity (Wildman–Crippen MR) is 113 cm³/mol. The van der Waals surface area contributed by atoms with Gasteiger partial charge in [-0.25, -0.2) is 0 Å². The number of rotatable bonds is 6. The van der Waals surface area contributed by atoms with Gasteiger partial charge in [0.15, 0.2) is 5.69 Å². The highest BCUT2D eigenvalue weighted by Crippen LogP contribution is 2.14. The fourth-order valence-electron chi connectivity index (χ4n) is 3.56. The van der Waals surface area contributed by atoms with Crippen molar-refractivity contribution in [2.24, 2.45) is 0 Å². The molecule has 6 nitrogen and oxygen atoms in total. The van der Waals surface area contributed by atoms with Crippen LogP contribution in [0.1, 0.15) is 21.6 Å². The number of hydrogen-bond donors (Lipinski definition) is 0. The van der Waals surface area contributed by atoms with E-state index in [4.69, 9.17) is 11.6 Å². The van der Waals surface area contributed by atoms with Crippen molar-refractivity contribution < 1.29 is 4.79 Å². The van der Waals surface area contributed by atoms with Crippen molar-refractivity contribution in [3.05, 3.63) is 82.6 Å². The fraction of sp³-hybridized carbons (Fsp3) is 0.318. The van der Waals surface area contributed by atoms with Gasteiger partial charge < -0.3 is 4.90 Å². The van der Waals surface area contributed by atoms with Crippen LogP contribution in [0.15, 0.2) is 60.8 Å². The Morgan fingerprint density at radius 3 is 2.48 bits per heavy atom. The van der Waals surface area contributed by atoms with Crippen molar-refractivity contribution in [1.29, 1.82) is 0 Å². The van der Waals surface area contributed by atoms with Crippen LogP contribution < -0.4 is 0 Å². The summed E-state index contributed by atoms with van der Waals surface area (Å²) in [6, 6.07) is 18.2. The van der Waals surface area contributed by atoms with Crippen molar-refractivity contribution >= 4 is 17.5 Å². The second-order valence-electron chi connectivity index (χ2n) is 7.30. The summed E-state index contributed by atoms with van der Waals surface area (Å²) in [5.74, 6) is -0.0432. The lowest BCUT2D eigenvalue weighted by atomic mass is 10.1. The number of piperazine rings is 1. The first kappa shape index (κ1) is 19.6. The molecule has 4 rings (SSSR count). The molecule has 29 heavy (non-hydrogen) atoms. The summed E-state index contributed by atoms with van der Waals surface area (Å²) in [5, 5.41) is 8.97. The largest absolute Gasteiger partial charge is 0.335 e. The Balaban J connectivity index is 1.28. The SMILES string of the molecule is O=C(c1cn(CCc2ccccc2)nn1)N1CCN(Cc2cccc(Cl)c2)CC1. The van der Waals surface area contributed by atoms with Crippen LogP contribution in [0.3, 0.4) is 0 Å². The van der Waals surface area contributed by atoms with Crippen LogP contribution in [0.2, 0.25) is 5.02 Å². The smallest absolute Gasteiger partial charge is 0.276 e. The molecule has 2 aromatic carbocycles. The molecule has 1 fully saturated rings. The van der Waals surface area contributed by atoms with Gasteiger partial charge in [0.05, 0.1) is 6.20 Å². The molecule has 1 saturated heterocycles. The van der Waals surface area contributed by atoms with Gasteiger partial charge in [-0.05, 0) is 29.7 Å². The molecule has 0 radical (unpaired) electrons. The first-order valence-electron chi connectivity index (χ1n) is 9.87. The molecule has 1 aliphatic rings. The number of aromatic nitrogens is 3. The van der Waals surface area contributed by atoms with Gasteiger partial charge in [0.25, 0.3) is 5.91 Å². The predicted octanol–water partition coefficient (Wildman–Crippen LogP) is 3.13. The van der Waals surface area contributed by atoms with E-state index in [1.165, 1.54) is 11.1 Å². The van der Waals surface area contributed by atoms with E-state index in [1.807, 2.05) is 41.3 Å². The molecular formula is C22H24ClN5O. The first-order chi connectivity index (χ1) is 14.2. The van der Waals surface area contributed by atoms with Gasteiger partial charge in [0.1, 0.15) is 0 Å². The number of benzene rings is 2. The Kier molecular flexibility index (Phi) is 6.22. The first-order valence-corrected chi connectivity index (χ1v) is 10.3. The highest BCUT2D eigenvalue weighted by Gasteiger charge is 2.24. The molecule has 0 bridgehead atoms. The van der Waals surface area contributed by atoms with E-state index in [-0.39, 0.29) is 5.91 Å². The van der Waals surface area contributed by atoms with Gasteiger partial charge in [0, 0.05) is 44.3 Å². The third kappa shape index (κ3) is 5.22. The van der Waals surface area contributed by atoms with Crippen molar-refractivity contribution in [3.8, 4) is 0 Å². The number of halogens is 1. The van der Waals surface area contributed by atoms with E-state index in [1.54, 1.807) is 10.9 Å². The summed E-state index contributed by atoms with van der Waals surface area (Å²) in [4.78, 5) is 17.0. The average Bonchev–Trinajstić information content (AvgIpc) is 3.22. The fourth-order valence-corrected chi connectivity index (χ4v) is 3.77. The summed E-state index contributed by atoms with van der Waals surface area (Å²) < 4.78 is 1.75. The third-order valence-corrected chi connectivity index (χ3v) is 5.42. The molecule has 1 amide bonds. The number of hydrogen-bond acceptors (Lipinski definition) is 4. The lowest BCUT2D eigenvalue weighted by Gasteiger charge is -2.34. The number of aryl methyl sites for hydroxylation is 2. The molecular weight excluding hydrogens is 386 g/mol. The van der Waals surface area contributed by atoms with Crippen molar-refractivity contribution in [3.63, 3.8) is 0 Å². The minimum absolute atomic E-state index is 0.0432. The summed E-state index contributed by atoms with van der Waals surface area (Å²) in [6.45, 7) is 4.60. The van der Waals surface area contributed by atoms with Gasteiger partial charge in [-0.3, -0.25) is 14.4 Å². The highest BCUT2D eigenvalue weighted by molar-refractivity contribution is 6.30. The van der Waals surface area contributed by atoms with E-state index >= 15 is 0 Å². The Labute approximate surface area is 175 Å². The topological polar surface area (TPSA) is 54.3 Å². The molecule has 1 aromatic heterocycles. The second kappa shape index (κ2) is 9.20. The van der Waals surface area contributed by atoms with E-state index in [9.17, 15) is 4.79 Å². The molecule has 2 heterocycles. The van der Waals surface area contributed by atoms with Crippen molar-refractivity contribution in [2.45, 2.75) is 19.5 Å². The molecule has 0 spiro atoms. The molecule has 0 N–H and O–H groups in total. The zero-order valence-corrected chi connectivity index (χ0v) is 17.0. The van der Waals surface area contributed by atoms with Gasteiger partial charge in [0.2, 0.25) is 0 Å². The maximum atomic E-state index is 12.8. The Hall–Kier alpha value is -2.70. The number of amides is 1. The quantitative estimate of drug-likeness (QED) is 0.627. The van der Waals surface area contributed by atoms with Crippen LogP contribution in [0.4, 0.5) is 0 Å². The van der Waals surface area contributed by atoms with E-state index in [2.05, 4.69) is 33.4 Å². The normalized spacial score (nSPS) is 14.9. The highest BCUT2D eigenvalue weighted by atomic mass is 35.5. The summed E-state index contributed by atoms with van der Waals surface area (Å²) in [6.07, 6.45) is 2.61. The maximum absolute atomic E-state index is 12.8. The molecule has 3 aromatic rings. The van der Waals surface area contributed by atoms with Crippen LogP contribution >= 0.6 is 11.6 Å². The monoisotopic (exact) mass is 409 g/mol. The maximum Gasteiger partial charge on any atom is 0.276 e. The van der Waals surface area contributed by atoms with Crippen molar-refractivity contribution in [1.82, 2.24) is 24.8 Å². The zero-order valence-electron chi connectivity index (χ0n) is 16.2. The zero-order chi connectivity index (χ0) is 20.1. The van der Waals surface area contributed by atoms with Crippen LogP contribution in [-0.2, 0) is 19.5 Å². The second-order valence-corrected chi connectivity index (χ2v) is 7.74. The molecule has 0 saturated carbocycles. The van der Waals surface area contributed by atoms with Crippen LogP contribution in [0.5, 0.6) is 0 Å². The van der Waals surface area contributed by atoms with Gasteiger partial charge >= 0.3 is 0 Å². The number of carbonyl (C=O) groups excluding carboxylic acids is 1. The van der Waals surface area contributed by atoms with Crippen molar-refractivity contribution in [2.75, 3.05) is 26.2 Å². The Morgan fingerprint density at radius 2 is 1.72 bits per heavy atom. The average molecular weight is 410 g/mol. The van der Waals surface area contributed by atoms with Crippen LogP contribution in [0, 0.1) is 0 Å². The lowest BCUT2D eigenvalue weighted by molar-refractivity contribution is 0.0622. The van der Waals surface area contributed by atoms with E-state index in [0.717, 1.165) is 31.1 Å². The number of nitrogens with zero attached hydrogens (tertiary/aromatic N) is 5. The van der Waals surface area contributed by atoms with Crippen LogP contribution in [-0.4, -0.2) is 56.9 Å². The standard InChI is InChI=1S/C22H24ClN5O/c23-20-8-4-7-19(15-20)16-26-11-13-27(14-12-26)22(29)21-17-28(25-24-21)10-9-18-5-2-1-3-6-18/h1-8,15,17H,9-14,16H2. The summed E-state index contributed by atoms with van der Waals surface area (Å²) in [7, 11) is 0. The minimum atomic E-state index is -0.0432. The molecule has 0 unspecified atom stereocenters. The summed E-state index contributed by atoms with van der Waals surface area (Å²) >= 11 is 6.07. The molecule has 1 aliphatic heterocycles. The van der Waals surface area contributed by atoms with E-state index < -0.39 is 0 Å². The minimum Gasteiger partial charge on any atom is -0.335 e. The molecule has 0 aliphatic carbocycles. The summed E-state index contributed by atoms with van der Waals surface area (Å²) in [5.41, 5.74) is 2.85. The van der Waals surface area contributed by atoms with Gasteiger partial charge in [-0.1, -0.05) is 59.3 Å². The third-order valence-electron chi connectivity index (χ3n) is 5.18. The van der Waals surface area contributed by atoms with Gasteiger partial charge in [-0.15, -0.1) is 5.10 Å². The molecule has 0 atom stereocenters. The Morgan fingerprint density at radius 1 is 0.966 bits per heavy atom. The number of carbonyl (C=O) groups is 1. The van der Waals surface area contributed by atoms with Gasteiger partial charge in [-0.2, -0.15) is 0 Å².